The Morgan fingerprint density at radius 1 is 1.27 bits per heavy atom. The van der Waals surface area contributed by atoms with Gasteiger partial charge in [0.15, 0.2) is 5.69 Å². The molecule has 0 aliphatic carbocycles. The van der Waals surface area contributed by atoms with Gasteiger partial charge in [0.2, 0.25) is 4.96 Å². The third-order valence-corrected chi connectivity index (χ3v) is 4.09. The largest absolute Gasteiger partial charge is 0.319 e. The van der Waals surface area contributed by atoms with Crippen LogP contribution in [0.2, 0.25) is 0 Å². The van der Waals surface area contributed by atoms with Crippen LogP contribution in [0.5, 0.6) is 0 Å². The Kier molecular flexibility index (Phi) is 2.87. The zero-order chi connectivity index (χ0) is 15.1. The van der Waals surface area contributed by atoms with E-state index in [2.05, 4.69) is 20.4 Å². The van der Waals surface area contributed by atoms with Crippen molar-refractivity contribution in [1.29, 1.82) is 0 Å². The van der Waals surface area contributed by atoms with Crippen LogP contribution in [-0.4, -0.2) is 25.5 Å². The molecule has 0 radical (unpaired) electrons. The minimum Gasteiger partial charge on any atom is -0.319 e. The number of hydrogen-bond acceptors (Lipinski definition) is 5. The fourth-order valence-corrected chi connectivity index (χ4v) is 3.10. The number of pyridine rings is 1. The van der Waals surface area contributed by atoms with E-state index in [4.69, 9.17) is 0 Å². The van der Waals surface area contributed by atoms with Crippen molar-refractivity contribution in [2.24, 2.45) is 0 Å². The number of imidazole rings is 1. The highest BCUT2D eigenvalue weighted by Gasteiger charge is 2.19. The Bertz CT molecular complexity index is 998. The molecule has 4 rings (SSSR count). The summed E-state index contributed by atoms with van der Waals surface area (Å²) in [6.07, 6.45) is 1.71. The van der Waals surface area contributed by atoms with E-state index in [1.165, 1.54) is 11.3 Å². The molecule has 0 saturated carbocycles. The van der Waals surface area contributed by atoms with Crippen molar-refractivity contribution in [3.63, 3.8) is 0 Å². The van der Waals surface area contributed by atoms with Crippen LogP contribution in [0.3, 0.4) is 0 Å². The number of carbonyl (C=O) groups is 1. The summed E-state index contributed by atoms with van der Waals surface area (Å²) in [4.78, 5) is 22.0. The number of nitrogens with one attached hydrogen (secondary N) is 1. The highest BCUT2D eigenvalue weighted by molar-refractivity contribution is 7.14. The molecule has 3 aromatic heterocycles. The van der Waals surface area contributed by atoms with Crippen LogP contribution in [0, 0.1) is 6.92 Å². The van der Waals surface area contributed by atoms with Crippen LogP contribution in [0.4, 0.5) is 5.69 Å². The van der Waals surface area contributed by atoms with Gasteiger partial charge in [-0.25, -0.2) is 4.98 Å². The van der Waals surface area contributed by atoms with Gasteiger partial charge in [0, 0.05) is 11.6 Å². The lowest BCUT2D eigenvalue weighted by Crippen LogP contribution is -2.16. The van der Waals surface area contributed by atoms with E-state index in [1.54, 1.807) is 23.1 Å². The maximum atomic E-state index is 12.6. The van der Waals surface area contributed by atoms with Crippen LogP contribution in [0.1, 0.15) is 16.2 Å². The smallest absolute Gasteiger partial charge is 0.276 e. The molecule has 0 fully saturated rings. The van der Waals surface area contributed by atoms with Crippen molar-refractivity contribution in [2.45, 2.75) is 6.92 Å². The first-order valence-electron chi connectivity index (χ1n) is 6.68. The minimum atomic E-state index is -0.242. The van der Waals surface area contributed by atoms with Crippen LogP contribution in [-0.2, 0) is 0 Å². The summed E-state index contributed by atoms with van der Waals surface area (Å²) in [6, 6.07) is 9.51. The topological polar surface area (TPSA) is 72.2 Å². The molecule has 0 bridgehead atoms. The molecule has 0 spiro atoms. The number of para-hydroxylation sites is 1. The SMILES string of the molecule is Cc1nc2scnn2c1C(=O)Nc1cccc2cccnc12. The first-order valence-corrected chi connectivity index (χ1v) is 7.56. The summed E-state index contributed by atoms with van der Waals surface area (Å²) in [5.41, 5.74) is 4.20. The van der Waals surface area contributed by atoms with Crippen molar-refractivity contribution in [1.82, 2.24) is 19.6 Å². The summed E-state index contributed by atoms with van der Waals surface area (Å²) in [7, 11) is 0. The second kappa shape index (κ2) is 4.88. The molecule has 0 unspecified atom stereocenters. The van der Waals surface area contributed by atoms with Crippen molar-refractivity contribution < 1.29 is 4.79 Å². The average molecular weight is 309 g/mol. The Morgan fingerprint density at radius 3 is 3.05 bits per heavy atom. The van der Waals surface area contributed by atoms with E-state index >= 15 is 0 Å². The lowest BCUT2D eigenvalue weighted by Gasteiger charge is -2.07. The van der Waals surface area contributed by atoms with Crippen molar-refractivity contribution in [3.8, 4) is 0 Å². The van der Waals surface area contributed by atoms with E-state index in [1.807, 2.05) is 30.3 Å². The maximum Gasteiger partial charge on any atom is 0.276 e. The monoisotopic (exact) mass is 309 g/mol. The molecule has 0 saturated heterocycles. The molecule has 1 N–H and O–H groups in total. The van der Waals surface area contributed by atoms with E-state index in [0.29, 0.717) is 22.0 Å². The normalized spacial score (nSPS) is 11.1. The van der Waals surface area contributed by atoms with Crippen molar-refractivity contribution >= 4 is 38.8 Å². The highest BCUT2D eigenvalue weighted by Crippen LogP contribution is 2.22. The molecule has 1 amide bonds. The Balaban J connectivity index is 1.78. The predicted octanol–water partition coefficient (Wildman–Crippen LogP) is 2.90. The second-order valence-corrected chi connectivity index (χ2v) is 5.63. The number of nitrogens with zero attached hydrogens (tertiary/aromatic N) is 4. The molecule has 0 atom stereocenters. The average Bonchev–Trinajstić information content (AvgIpc) is 3.07. The van der Waals surface area contributed by atoms with E-state index in [0.717, 1.165) is 10.9 Å². The molecular formula is C15H11N5OS. The van der Waals surface area contributed by atoms with Crippen LogP contribution >= 0.6 is 11.3 Å². The predicted molar refractivity (Wildman–Crippen MR) is 85.3 cm³/mol. The van der Waals surface area contributed by atoms with Gasteiger partial charge in [-0.05, 0) is 19.1 Å². The number of benzene rings is 1. The van der Waals surface area contributed by atoms with Gasteiger partial charge in [-0.2, -0.15) is 9.61 Å². The number of rotatable bonds is 2. The molecule has 3 heterocycles. The van der Waals surface area contributed by atoms with Gasteiger partial charge in [-0.1, -0.05) is 29.5 Å². The fraction of sp³-hybridized carbons (Fsp3) is 0.0667. The van der Waals surface area contributed by atoms with E-state index < -0.39 is 0 Å². The first kappa shape index (κ1) is 12.9. The molecular weight excluding hydrogens is 298 g/mol. The highest BCUT2D eigenvalue weighted by atomic mass is 32.1. The minimum absolute atomic E-state index is 0.242. The first-order chi connectivity index (χ1) is 10.7. The molecule has 4 aromatic rings. The zero-order valence-electron chi connectivity index (χ0n) is 11.6. The Labute approximate surface area is 129 Å². The molecule has 6 nitrogen and oxygen atoms in total. The standard InChI is InChI=1S/C15H11N5OS/c1-9-13(20-15(18-9)22-8-17-20)14(21)19-11-6-2-4-10-5-3-7-16-12(10)11/h2-8H,1H3,(H,19,21). The van der Waals surface area contributed by atoms with E-state index in [9.17, 15) is 4.79 Å². The van der Waals surface area contributed by atoms with Crippen LogP contribution < -0.4 is 5.32 Å². The van der Waals surface area contributed by atoms with Gasteiger partial charge < -0.3 is 5.32 Å². The lowest BCUT2D eigenvalue weighted by molar-refractivity contribution is 0.102. The molecule has 1 aromatic carbocycles. The van der Waals surface area contributed by atoms with Gasteiger partial charge in [0.25, 0.3) is 5.91 Å². The summed E-state index contributed by atoms with van der Waals surface area (Å²) >= 11 is 1.40. The van der Waals surface area contributed by atoms with Gasteiger partial charge >= 0.3 is 0 Å². The van der Waals surface area contributed by atoms with Gasteiger partial charge in [-0.3, -0.25) is 9.78 Å². The summed E-state index contributed by atoms with van der Waals surface area (Å²) in [5.74, 6) is -0.242. The number of amides is 1. The van der Waals surface area contributed by atoms with Gasteiger partial charge in [-0.15, -0.1) is 0 Å². The number of anilines is 1. The third-order valence-electron chi connectivity index (χ3n) is 3.42. The van der Waals surface area contributed by atoms with E-state index in [-0.39, 0.29) is 5.91 Å². The molecule has 0 aliphatic heterocycles. The van der Waals surface area contributed by atoms with Crippen molar-refractivity contribution in [2.75, 3.05) is 5.32 Å². The number of aryl methyl sites for hydroxylation is 1. The number of carbonyl (C=O) groups excluding carboxylic acids is 1. The van der Waals surface area contributed by atoms with Gasteiger partial charge in [0.1, 0.15) is 5.51 Å². The summed E-state index contributed by atoms with van der Waals surface area (Å²) < 4.78 is 1.56. The summed E-state index contributed by atoms with van der Waals surface area (Å²) in [6.45, 7) is 1.80. The number of hydrogen-bond donors (Lipinski definition) is 1. The number of fused-ring (bicyclic) bond motifs is 2. The molecule has 0 aliphatic rings. The third kappa shape index (κ3) is 1.94. The maximum absolute atomic E-state index is 12.6. The fourth-order valence-electron chi connectivity index (χ4n) is 2.44. The zero-order valence-corrected chi connectivity index (χ0v) is 12.5. The number of aromatic nitrogens is 4. The van der Waals surface area contributed by atoms with Crippen LogP contribution in [0.25, 0.3) is 15.9 Å². The molecule has 22 heavy (non-hydrogen) atoms. The summed E-state index contributed by atoms with van der Waals surface area (Å²) in [5, 5.41) is 8.05. The quantitative estimate of drug-likeness (QED) is 0.618. The Hall–Kier alpha value is -2.80. The second-order valence-electron chi connectivity index (χ2n) is 4.81. The van der Waals surface area contributed by atoms with Crippen LogP contribution in [0.15, 0.2) is 42.0 Å². The molecule has 7 heteroatoms. The lowest BCUT2D eigenvalue weighted by atomic mass is 10.2. The Morgan fingerprint density at radius 2 is 2.14 bits per heavy atom. The molecule has 108 valence electrons. The van der Waals surface area contributed by atoms with Gasteiger partial charge in [0.05, 0.1) is 16.9 Å². The van der Waals surface area contributed by atoms with Crippen molar-refractivity contribution in [3.05, 3.63) is 53.4 Å².